The molecule has 98 heavy (non-hydrogen) atoms. The first kappa shape index (κ1) is 77.0. The first-order valence-corrected chi connectivity index (χ1v) is 30.8. The van der Waals surface area contributed by atoms with Crippen molar-refractivity contribution >= 4 is 81.9 Å². The summed E-state index contributed by atoms with van der Waals surface area (Å²) in [6.07, 6.45) is 8.49. The molecule has 0 bridgehead atoms. The third-order valence-corrected chi connectivity index (χ3v) is 14.3. The van der Waals surface area contributed by atoms with Crippen LogP contribution in [-0.4, -0.2) is 153 Å². The number of likely N-dealkylation sites (tertiary alicyclic amines) is 2. The molecule has 2 amide bonds. The van der Waals surface area contributed by atoms with Crippen LogP contribution in [0.3, 0.4) is 0 Å². The molecule has 2 saturated heterocycles. The van der Waals surface area contributed by atoms with E-state index >= 15 is 0 Å². The van der Waals surface area contributed by atoms with Gasteiger partial charge in [0.1, 0.15) is 24.4 Å². The van der Waals surface area contributed by atoms with Crippen molar-refractivity contribution in [2.75, 3.05) is 39.4 Å². The third kappa shape index (κ3) is 26.6. The number of hydrogen-bond donors (Lipinski definition) is 2. The minimum absolute atomic E-state index is 0.192. The van der Waals surface area contributed by atoms with E-state index < -0.39 is 72.4 Å². The number of aromatic nitrogens is 2. The summed E-state index contributed by atoms with van der Waals surface area (Å²) in [5.41, 5.74) is 2.80. The largest absolute Gasteiger partial charge is 0.478 e. The zero-order valence-electron chi connectivity index (χ0n) is 54.9. The molecule has 24 nitrogen and oxygen atoms in total. The Bertz CT molecular complexity index is 3710. The summed E-state index contributed by atoms with van der Waals surface area (Å²) < 4.78 is 30.5. The standard InChI is InChI=1S/2C19H24N2O2.2C17H14O6.2CO2/c2*1-19(2,3)23-18(22)21-10-8-14(13-21)11-15-5-4-6-16-12-20-9-7-17(15)16;2*18-15(19)14(23-17(21)13-9-5-2-6-10-13)11-22-16(20)12-7-3-1-4-8-12;2*2-1-3/h2*4-7,9,12,14H,8,10-11,13H2,1-3H3;2*1-10,14H,11H2,(H,18,19);;/t14-;;2*14-;;/m0.11../s1. The van der Waals surface area contributed by atoms with Gasteiger partial charge in [0.15, 0.2) is 0 Å². The summed E-state index contributed by atoms with van der Waals surface area (Å²) in [6.45, 7) is 13.4. The molecule has 0 saturated carbocycles. The Morgan fingerprint density at radius 1 is 0.449 bits per heavy atom. The second-order valence-electron chi connectivity index (χ2n) is 23.9. The van der Waals surface area contributed by atoms with E-state index in [1.165, 1.54) is 81.2 Å². The predicted molar refractivity (Wildman–Crippen MR) is 353 cm³/mol. The maximum atomic E-state index is 12.2. The fraction of sp³-hybridized carbons (Fsp3) is 0.297. The van der Waals surface area contributed by atoms with Gasteiger partial charge in [0.2, 0.25) is 12.2 Å². The Balaban J connectivity index is 0.000000229. The number of carboxylic acid groups (broad SMARTS) is 2. The fourth-order valence-corrected chi connectivity index (χ4v) is 9.81. The molecule has 2 N–H and O–H groups in total. The lowest BCUT2D eigenvalue weighted by Gasteiger charge is -2.24. The number of carbonyl (C=O) groups excluding carboxylic acids is 10. The maximum absolute atomic E-state index is 12.2. The van der Waals surface area contributed by atoms with Gasteiger partial charge in [0.25, 0.3) is 0 Å². The summed E-state index contributed by atoms with van der Waals surface area (Å²) in [5, 5.41) is 23.0. The average Bonchev–Trinajstić information content (AvgIpc) is 1.31. The Labute approximate surface area is 565 Å². The van der Waals surface area contributed by atoms with Gasteiger partial charge in [-0.1, -0.05) is 109 Å². The minimum Gasteiger partial charge on any atom is -0.478 e. The van der Waals surface area contributed by atoms with Crippen LogP contribution in [0.5, 0.6) is 0 Å². The molecule has 1 unspecified atom stereocenters. The summed E-state index contributed by atoms with van der Waals surface area (Å²) in [5.74, 6) is -4.78. The molecule has 4 heterocycles. The van der Waals surface area contributed by atoms with Crippen molar-refractivity contribution in [1.29, 1.82) is 0 Å². The topological polar surface area (TPSA) is 333 Å². The molecule has 0 aliphatic carbocycles. The number of ether oxygens (including phenoxy) is 6. The number of nitrogens with zero attached hydrogens (tertiary/aromatic N) is 4. The van der Waals surface area contributed by atoms with Crippen molar-refractivity contribution in [3.05, 3.63) is 228 Å². The van der Waals surface area contributed by atoms with Crippen molar-refractivity contribution in [2.24, 2.45) is 11.8 Å². The lowest BCUT2D eigenvalue weighted by molar-refractivity contribution is -0.193. The number of carboxylic acids is 2. The van der Waals surface area contributed by atoms with Crippen molar-refractivity contribution in [1.82, 2.24) is 19.8 Å². The van der Waals surface area contributed by atoms with Crippen LogP contribution in [0.25, 0.3) is 21.5 Å². The van der Waals surface area contributed by atoms with Crippen molar-refractivity contribution in [2.45, 2.75) is 90.6 Å². The number of aliphatic carboxylic acids is 2. The summed E-state index contributed by atoms with van der Waals surface area (Å²) in [4.78, 5) is 138. The van der Waals surface area contributed by atoms with Crippen LogP contribution in [0.1, 0.15) is 107 Å². The molecule has 6 aromatic carbocycles. The second kappa shape index (κ2) is 39.2. The monoisotopic (exact) mass is 1340 g/mol. The number of carbonyl (C=O) groups is 8. The number of benzene rings is 6. The highest BCUT2D eigenvalue weighted by molar-refractivity contribution is 5.93. The van der Waals surface area contributed by atoms with Crippen LogP contribution in [-0.2, 0) is 70.0 Å². The molecule has 0 spiro atoms. The Morgan fingerprint density at radius 2 is 0.755 bits per heavy atom. The highest BCUT2D eigenvalue weighted by Crippen LogP contribution is 2.29. The Morgan fingerprint density at radius 3 is 1.05 bits per heavy atom. The zero-order chi connectivity index (χ0) is 71.6. The van der Waals surface area contributed by atoms with Gasteiger partial charge in [-0.15, -0.1) is 0 Å². The molecule has 10 rings (SSSR count). The summed E-state index contributed by atoms with van der Waals surface area (Å²) in [6, 6.07) is 49.0. The normalized spacial score (nSPS) is 14.1. The van der Waals surface area contributed by atoms with E-state index in [1.54, 1.807) is 72.8 Å². The predicted octanol–water partition coefficient (Wildman–Crippen LogP) is 11.2. The Hall–Kier alpha value is -11.7. The molecular weight excluding hydrogens is 1260 g/mol. The second-order valence-corrected chi connectivity index (χ2v) is 23.9. The number of rotatable bonds is 16. The lowest BCUT2D eigenvalue weighted by atomic mass is 9.95. The third-order valence-electron chi connectivity index (χ3n) is 14.3. The quantitative estimate of drug-likeness (QED) is 0.0670. The molecule has 24 heteroatoms. The van der Waals surface area contributed by atoms with Gasteiger partial charge in [-0.05, 0) is 162 Å². The number of hydrogen-bond acceptors (Lipinski definition) is 20. The molecule has 0 radical (unpaired) electrons. The van der Waals surface area contributed by atoms with E-state index in [0.29, 0.717) is 11.8 Å². The molecular formula is C74H76N4O20. The highest BCUT2D eigenvalue weighted by Gasteiger charge is 2.32. The van der Waals surface area contributed by atoms with E-state index in [0.717, 1.165) is 51.9 Å². The molecule has 512 valence electrons. The lowest BCUT2D eigenvalue weighted by Crippen LogP contribution is -2.35. The van der Waals surface area contributed by atoms with Crippen molar-refractivity contribution in [3.63, 3.8) is 0 Å². The van der Waals surface area contributed by atoms with E-state index in [1.807, 2.05) is 76.1 Å². The minimum atomic E-state index is -1.57. The van der Waals surface area contributed by atoms with Gasteiger partial charge >= 0.3 is 60.3 Å². The number of pyridine rings is 2. The number of esters is 4. The number of amides is 2. The first-order chi connectivity index (χ1) is 46.8. The fourth-order valence-electron chi connectivity index (χ4n) is 9.81. The molecule has 2 aliphatic heterocycles. The van der Waals surface area contributed by atoms with Crippen molar-refractivity contribution in [3.8, 4) is 0 Å². The van der Waals surface area contributed by atoms with Crippen LogP contribution in [0.2, 0.25) is 0 Å². The molecule has 4 atom stereocenters. The van der Waals surface area contributed by atoms with Gasteiger partial charge in [-0.3, -0.25) is 9.97 Å². The first-order valence-electron chi connectivity index (χ1n) is 30.8. The molecule has 8 aromatic rings. The highest BCUT2D eigenvalue weighted by atomic mass is 16.6. The van der Waals surface area contributed by atoms with Crippen LogP contribution < -0.4 is 0 Å². The van der Waals surface area contributed by atoms with Gasteiger partial charge in [0, 0.05) is 61.7 Å². The number of fused-ring (bicyclic) bond motifs is 2. The van der Waals surface area contributed by atoms with Gasteiger partial charge in [-0.2, -0.15) is 19.2 Å². The zero-order valence-corrected chi connectivity index (χ0v) is 54.9. The van der Waals surface area contributed by atoms with Crippen LogP contribution in [0.4, 0.5) is 9.59 Å². The smallest absolute Gasteiger partial charge is 0.410 e. The van der Waals surface area contributed by atoms with Crippen molar-refractivity contribution < 1.29 is 96.2 Å². The van der Waals surface area contributed by atoms with Crippen LogP contribution >= 0.6 is 0 Å². The average molecular weight is 1340 g/mol. The summed E-state index contributed by atoms with van der Waals surface area (Å²) >= 11 is 0. The maximum Gasteiger partial charge on any atom is 0.410 e. The summed E-state index contributed by atoms with van der Waals surface area (Å²) in [7, 11) is 0. The SMILES string of the molecule is CC(C)(C)OC(=O)N1CCC(Cc2cccc3cnccc23)C1.CC(C)(C)OC(=O)N1CC[C@@H](Cc2cccc3cnccc23)C1.O=C(OC[C@@H](OC(=O)c1ccccc1)C(=O)O)c1ccccc1.O=C(OC[C@@H](OC(=O)c1ccccc1)C(=O)O)c1ccccc1.O=C=O.O=C=O. The Kier molecular flexibility index (Phi) is 30.8. The van der Waals surface area contributed by atoms with Gasteiger partial charge in [0.05, 0.1) is 22.3 Å². The van der Waals surface area contributed by atoms with Crippen LogP contribution in [0, 0.1) is 11.8 Å². The van der Waals surface area contributed by atoms with E-state index in [-0.39, 0.29) is 46.7 Å². The van der Waals surface area contributed by atoms with Gasteiger partial charge in [-0.25, -0.2) is 38.4 Å². The molecule has 2 fully saturated rings. The van der Waals surface area contributed by atoms with Gasteiger partial charge < -0.3 is 48.4 Å². The van der Waals surface area contributed by atoms with Crippen LogP contribution in [0.15, 0.2) is 195 Å². The molecule has 2 aromatic heterocycles. The van der Waals surface area contributed by atoms with E-state index in [9.17, 15) is 38.4 Å². The van der Waals surface area contributed by atoms with E-state index in [4.69, 9.17) is 57.8 Å². The molecule has 2 aliphatic rings. The van der Waals surface area contributed by atoms with E-state index in [2.05, 4.69) is 58.5 Å².